The Kier molecular flexibility index (Phi) is 19.5. The second kappa shape index (κ2) is 19.6. The first-order chi connectivity index (χ1) is 12.7. The molecule has 0 unspecified atom stereocenters. The first-order valence-electron chi connectivity index (χ1n) is 11.5. The van der Waals surface area contributed by atoms with Crippen LogP contribution in [-0.2, 0) is 4.74 Å². The third kappa shape index (κ3) is 17.3. The second-order valence-corrected chi connectivity index (χ2v) is 8.48. The van der Waals surface area contributed by atoms with Gasteiger partial charge in [0, 0.05) is 12.0 Å². The van der Waals surface area contributed by atoms with E-state index in [1.165, 1.54) is 96.3 Å². The molecule has 3 heteroatoms. The lowest BCUT2D eigenvalue weighted by Crippen LogP contribution is -2.31. The summed E-state index contributed by atoms with van der Waals surface area (Å²) in [4.78, 5) is 0. The van der Waals surface area contributed by atoms with Crippen molar-refractivity contribution in [2.45, 2.75) is 117 Å². The van der Waals surface area contributed by atoms with Crippen molar-refractivity contribution in [3.8, 4) is 0 Å². The molecule has 0 aliphatic carbocycles. The van der Waals surface area contributed by atoms with Crippen LogP contribution in [0.15, 0.2) is 0 Å². The Morgan fingerprint density at radius 1 is 0.577 bits per heavy atom. The van der Waals surface area contributed by atoms with E-state index in [2.05, 4.69) is 6.92 Å². The van der Waals surface area contributed by atoms with Gasteiger partial charge >= 0.3 is 0 Å². The maximum Gasteiger partial charge on any atom is 0.0563 e. The Morgan fingerprint density at radius 2 is 0.923 bits per heavy atom. The van der Waals surface area contributed by atoms with Crippen LogP contribution in [0.5, 0.6) is 0 Å². The van der Waals surface area contributed by atoms with Gasteiger partial charge in [-0.2, -0.15) is 0 Å². The standard InChI is InChI=1S/C23H48O3/c1-3-4-5-6-7-8-9-10-11-12-13-14-15-16-17-18-19-26-22-23(2,20-24)21-25/h24-25H,3-22H2,1-2H3. The smallest absolute Gasteiger partial charge is 0.0563 e. The summed E-state index contributed by atoms with van der Waals surface area (Å²) in [6, 6.07) is 0. The third-order valence-electron chi connectivity index (χ3n) is 5.36. The number of rotatable bonds is 21. The number of ether oxygens (including phenoxy) is 1. The van der Waals surface area contributed by atoms with E-state index in [1.54, 1.807) is 0 Å². The van der Waals surface area contributed by atoms with Crippen molar-refractivity contribution in [3.05, 3.63) is 0 Å². The quantitative estimate of drug-likeness (QED) is 0.234. The minimum Gasteiger partial charge on any atom is -0.396 e. The zero-order valence-corrected chi connectivity index (χ0v) is 17.9. The van der Waals surface area contributed by atoms with Gasteiger partial charge in [0.2, 0.25) is 0 Å². The Morgan fingerprint density at radius 3 is 1.27 bits per heavy atom. The van der Waals surface area contributed by atoms with Gasteiger partial charge < -0.3 is 14.9 Å². The molecule has 0 spiro atoms. The van der Waals surface area contributed by atoms with Crippen molar-refractivity contribution < 1.29 is 14.9 Å². The minimum absolute atomic E-state index is 0.0253. The molecular formula is C23H48O3. The van der Waals surface area contributed by atoms with Crippen LogP contribution in [0.3, 0.4) is 0 Å². The molecule has 158 valence electrons. The lowest BCUT2D eigenvalue weighted by molar-refractivity contribution is -0.0169. The van der Waals surface area contributed by atoms with E-state index < -0.39 is 5.41 Å². The Bertz CT molecular complexity index is 264. The number of aliphatic hydroxyl groups is 2. The van der Waals surface area contributed by atoms with Crippen LogP contribution in [-0.4, -0.2) is 36.6 Å². The lowest BCUT2D eigenvalue weighted by Gasteiger charge is -2.24. The number of aliphatic hydroxyl groups excluding tert-OH is 2. The first kappa shape index (κ1) is 25.9. The summed E-state index contributed by atoms with van der Waals surface area (Å²) >= 11 is 0. The highest BCUT2D eigenvalue weighted by Gasteiger charge is 2.22. The zero-order chi connectivity index (χ0) is 19.3. The molecule has 0 aliphatic heterocycles. The van der Waals surface area contributed by atoms with E-state index in [0.717, 1.165) is 13.0 Å². The van der Waals surface area contributed by atoms with Crippen molar-refractivity contribution in [1.29, 1.82) is 0 Å². The summed E-state index contributed by atoms with van der Waals surface area (Å²) in [5.41, 5.74) is -0.491. The SMILES string of the molecule is CCCCCCCCCCCCCCCCCCOCC(C)(CO)CO. The maximum absolute atomic E-state index is 9.19. The topological polar surface area (TPSA) is 49.7 Å². The lowest BCUT2D eigenvalue weighted by atomic mass is 9.94. The summed E-state index contributed by atoms with van der Waals surface area (Å²) in [5.74, 6) is 0. The highest BCUT2D eigenvalue weighted by atomic mass is 16.5. The van der Waals surface area contributed by atoms with Crippen molar-refractivity contribution >= 4 is 0 Å². The van der Waals surface area contributed by atoms with Crippen molar-refractivity contribution in [1.82, 2.24) is 0 Å². The van der Waals surface area contributed by atoms with E-state index in [0.29, 0.717) is 6.61 Å². The molecular weight excluding hydrogens is 324 g/mol. The predicted octanol–water partition coefficient (Wildman–Crippen LogP) is 6.26. The molecule has 0 radical (unpaired) electrons. The molecule has 0 saturated carbocycles. The summed E-state index contributed by atoms with van der Waals surface area (Å²) in [7, 11) is 0. The van der Waals surface area contributed by atoms with E-state index in [4.69, 9.17) is 4.74 Å². The van der Waals surface area contributed by atoms with Crippen molar-refractivity contribution in [2.75, 3.05) is 26.4 Å². The fourth-order valence-corrected chi connectivity index (χ4v) is 3.21. The summed E-state index contributed by atoms with van der Waals surface area (Å²) in [6.45, 7) is 5.27. The molecule has 0 rings (SSSR count). The molecule has 0 amide bonds. The average Bonchev–Trinajstić information content (AvgIpc) is 2.66. The third-order valence-corrected chi connectivity index (χ3v) is 5.36. The maximum atomic E-state index is 9.19. The van der Waals surface area contributed by atoms with E-state index in [1.807, 2.05) is 6.92 Å². The van der Waals surface area contributed by atoms with Crippen LogP contribution in [0.4, 0.5) is 0 Å². The monoisotopic (exact) mass is 372 g/mol. The molecule has 26 heavy (non-hydrogen) atoms. The number of hydrogen-bond donors (Lipinski definition) is 2. The van der Waals surface area contributed by atoms with Crippen LogP contribution in [0, 0.1) is 5.41 Å². The van der Waals surface area contributed by atoms with Gasteiger partial charge in [-0.05, 0) is 6.42 Å². The number of unbranched alkanes of at least 4 members (excludes halogenated alkanes) is 15. The van der Waals surface area contributed by atoms with Gasteiger partial charge in [0.25, 0.3) is 0 Å². The molecule has 0 aromatic carbocycles. The second-order valence-electron chi connectivity index (χ2n) is 8.48. The molecule has 0 aromatic heterocycles. The van der Waals surface area contributed by atoms with Gasteiger partial charge in [0.1, 0.15) is 0 Å². The molecule has 0 heterocycles. The Hall–Kier alpha value is -0.120. The van der Waals surface area contributed by atoms with Crippen LogP contribution in [0.2, 0.25) is 0 Å². The fourth-order valence-electron chi connectivity index (χ4n) is 3.21. The average molecular weight is 373 g/mol. The molecule has 0 aromatic rings. The van der Waals surface area contributed by atoms with Crippen molar-refractivity contribution in [2.24, 2.45) is 5.41 Å². The highest BCUT2D eigenvalue weighted by molar-refractivity contribution is 4.70. The molecule has 0 bridgehead atoms. The summed E-state index contributed by atoms with van der Waals surface area (Å²) in [6.07, 6.45) is 22.0. The van der Waals surface area contributed by atoms with E-state index >= 15 is 0 Å². The van der Waals surface area contributed by atoms with E-state index in [-0.39, 0.29) is 13.2 Å². The molecule has 0 aliphatic rings. The first-order valence-corrected chi connectivity index (χ1v) is 11.5. The largest absolute Gasteiger partial charge is 0.396 e. The van der Waals surface area contributed by atoms with Crippen molar-refractivity contribution in [3.63, 3.8) is 0 Å². The molecule has 2 N–H and O–H groups in total. The van der Waals surface area contributed by atoms with Gasteiger partial charge in [0.05, 0.1) is 19.8 Å². The van der Waals surface area contributed by atoms with E-state index in [9.17, 15) is 10.2 Å². The van der Waals surface area contributed by atoms with Gasteiger partial charge in [-0.25, -0.2) is 0 Å². The van der Waals surface area contributed by atoms with Crippen LogP contribution < -0.4 is 0 Å². The minimum atomic E-state index is -0.491. The molecule has 0 saturated heterocycles. The fraction of sp³-hybridized carbons (Fsp3) is 1.00. The molecule has 0 fully saturated rings. The van der Waals surface area contributed by atoms with Gasteiger partial charge in [-0.3, -0.25) is 0 Å². The molecule has 3 nitrogen and oxygen atoms in total. The van der Waals surface area contributed by atoms with Gasteiger partial charge in [0.15, 0.2) is 0 Å². The Labute approximate surface area is 163 Å². The molecule has 0 atom stereocenters. The zero-order valence-electron chi connectivity index (χ0n) is 17.9. The van der Waals surface area contributed by atoms with Gasteiger partial charge in [-0.15, -0.1) is 0 Å². The Balaban J connectivity index is 3.11. The number of hydrogen-bond acceptors (Lipinski definition) is 3. The highest BCUT2D eigenvalue weighted by Crippen LogP contribution is 2.16. The summed E-state index contributed by atoms with van der Waals surface area (Å²) < 4.78 is 5.58. The predicted molar refractivity (Wildman–Crippen MR) is 113 cm³/mol. The van der Waals surface area contributed by atoms with Crippen LogP contribution in [0.25, 0.3) is 0 Å². The normalized spacial score (nSPS) is 12.0. The summed E-state index contributed by atoms with van der Waals surface area (Å²) in [5, 5.41) is 18.4. The van der Waals surface area contributed by atoms with Crippen LogP contribution >= 0.6 is 0 Å². The van der Waals surface area contributed by atoms with Crippen LogP contribution in [0.1, 0.15) is 117 Å². The van der Waals surface area contributed by atoms with Gasteiger partial charge in [-0.1, -0.05) is 110 Å².